The Labute approximate surface area is 190 Å². The Morgan fingerprint density at radius 1 is 1.26 bits per heavy atom. The van der Waals surface area contributed by atoms with Gasteiger partial charge in [0.25, 0.3) is 5.91 Å². The highest BCUT2D eigenvalue weighted by atomic mass is 35.5. The van der Waals surface area contributed by atoms with E-state index in [4.69, 9.17) is 11.6 Å². The van der Waals surface area contributed by atoms with Crippen LogP contribution in [0.15, 0.2) is 60.6 Å². The maximum absolute atomic E-state index is 12.7. The van der Waals surface area contributed by atoms with E-state index in [0.717, 1.165) is 14.9 Å². The molecule has 4 rings (SSSR count). The average molecular weight is 473 g/mol. The summed E-state index contributed by atoms with van der Waals surface area (Å²) in [5, 5.41) is 5.29. The molecule has 0 aliphatic rings. The molecule has 0 bridgehead atoms. The van der Waals surface area contributed by atoms with Gasteiger partial charge in [-0.05, 0) is 50.2 Å². The van der Waals surface area contributed by atoms with Crippen molar-refractivity contribution in [2.45, 2.75) is 29.6 Å². The van der Waals surface area contributed by atoms with E-state index in [0.29, 0.717) is 33.9 Å². The zero-order valence-corrected chi connectivity index (χ0v) is 19.0. The number of amides is 1. The molecule has 158 valence electrons. The van der Waals surface area contributed by atoms with E-state index in [1.54, 1.807) is 48.6 Å². The Kier molecular flexibility index (Phi) is 5.99. The summed E-state index contributed by atoms with van der Waals surface area (Å²) in [4.78, 5) is 44.4. The Morgan fingerprint density at radius 3 is 2.74 bits per heavy atom. The normalized spacial score (nSPS) is 11.1. The molecule has 0 spiro atoms. The van der Waals surface area contributed by atoms with Crippen molar-refractivity contribution in [2.75, 3.05) is 5.32 Å². The predicted octanol–water partition coefficient (Wildman–Crippen LogP) is 4.53. The summed E-state index contributed by atoms with van der Waals surface area (Å²) in [7, 11) is 0. The van der Waals surface area contributed by atoms with Crippen LogP contribution in [0.5, 0.6) is 0 Å². The maximum atomic E-state index is 12.7. The number of aromatic amines is 1. The van der Waals surface area contributed by atoms with Crippen LogP contribution in [-0.2, 0) is 6.54 Å². The number of rotatable bonds is 5. The lowest BCUT2D eigenvalue weighted by molar-refractivity contribution is 0.102. The molecule has 0 unspecified atom stereocenters. The van der Waals surface area contributed by atoms with Crippen molar-refractivity contribution in [1.82, 2.24) is 14.5 Å². The van der Waals surface area contributed by atoms with Crippen LogP contribution in [-0.4, -0.2) is 20.4 Å². The van der Waals surface area contributed by atoms with Gasteiger partial charge in [-0.15, -0.1) is 11.3 Å². The predicted molar refractivity (Wildman–Crippen MR) is 125 cm³/mol. The molecule has 0 atom stereocenters. The number of hydrogen-bond acceptors (Lipinski definition) is 6. The molecule has 4 aromatic rings. The summed E-state index contributed by atoms with van der Waals surface area (Å²) in [6.07, 6.45) is 0. The first-order chi connectivity index (χ1) is 14.9. The number of aromatic nitrogens is 3. The number of hydrogen-bond donors (Lipinski definition) is 2. The summed E-state index contributed by atoms with van der Waals surface area (Å²) in [5.74, 6) is -0.357. The Hall–Kier alpha value is -2.88. The molecule has 7 nitrogen and oxygen atoms in total. The Bertz CT molecular complexity index is 1420. The zero-order valence-electron chi connectivity index (χ0n) is 16.6. The second kappa shape index (κ2) is 8.70. The lowest BCUT2D eigenvalue weighted by Crippen LogP contribution is -2.36. The third kappa shape index (κ3) is 4.43. The summed E-state index contributed by atoms with van der Waals surface area (Å²) in [5.41, 5.74) is 1.49. The third-order valence-corrected chi connectivity index (χ3v) is 7.10. The SMILES string of the molecule is CCn1c(=O)c(=O)[nH]c2cc(C(=O)Nc3ccc(Sc4nc(C)cs4)c(Cl)c3)ccc21. The van der Waals surface area contributed by atoms with E-state index in [-0.39, 0.29) is 5.91 Å². The topological polar surface area (TPSA) is 96.9 Å². The van der Waals surface area contributed by atoms with Gasteiger partial charge in [0, 0.05) is 33.8 Å². The van der Waals surface area contributed by atoms with E-state index in [1.165, 1.54) is 16.3 Å². The minimum atomic E-state index is -0.720. The lowest BCUT2D eigenvalue weighted by atomic mass is 10.1. The van der Waals surface area contributed by atoms with Crippen molar-refractivity contribution >= 4 is 57.3 Å². The minimum Gasteiger partial charge on any atom is -0.322 e. The van der Waals surface area contributed by atoms with Gasteiger partial charge in [0.15, 0.2) is 4.34 Å². The van der Waals surface area contributed by atoms with Crippen LogP contribution in [0.2, 0.25) is 5.02 Å². The molecule has 2 aromatic carbocycles. The Balaban J connectivity index is 1.57. The molecule has 2 aromatic heterocycles. The highest BCUT2D eigenvalue weighted by Crippen LogP contribution is 2.36. The van der Waals surface area contributed by atoms with Crippen molar-refractivity contribution in [2.24, 2.45) is 0 Å². The van der Waals surface area contributed by atoms with Crippen molar-refractivity contribution < 1.29 is 4.79 Å². The Morgan fingerprint density at radius 2 is 2.06 bits per heavy atom. The molecule has 0 aliphatic carbocycles. The lowest BCUT2D eigenvalue weighted by Gasteiger charge is -2.10. The van der Waals surface area contributed by atoms with Crippen LogP contribution >= 0.6 is 34.7 Å². The van der Waals surface area contributed by atoms with Gasteiger partial charge in [-0.1, -0.05) is 23.4 Å². The largest absolute Gasteiger partial charge is 0.322 e. The average Bonchev–Trinajstić information content (AvgIpc) is 3.15. The molecule has 0 aliphatic heterocycles. The molecule has 0 fully saturated rings. The van der Waals surface area contributed by atoms with Crippen LogP contribution in [0.25, 0.3) is 11.0 Å². The summed E-state index contributed by atoms with van der Waals surface area (Å²) >= 11 is 9.41. The van der Waals surface area contributed by atoms with Crippen LogP contribution in [0.3, 0.4) is 0 Å². The molecule has 31 heavy (non-hydrogen) atoms. The number of aryl methyl sites for hydroxylation is 2. The third-order valence-electron chi connectivity index (χ3n) is 4.54. The van der Waals surface area contributed by atoms with E-state index < -0.39 is 11.1 Å². The number of fused-ring (bicyclic) bond motifs is 1. The first-order valence-corrected chi connectivity index (χ1v) is 11.4. The van der Waals surface area contributed by atoms with Gasteiger partial charge in [-0.3, -0.25) is 14.4 Å². The van der Waals surface area contributed by atoms with Crippen molar-refractivity contribution in [3.05, 3.63) is 78.8 Å². The summed E-state index contributed by atoms with van der Waals surface area (Å²) in [6, 6.07) is 10.1. The number of thiazole rings is 1. The molecular weight excluding hydrogens is 456 g/mol. The van der Waals surface area contributed by atoms with Crippen molar-refractivity contribution in [3.8, 4) is 0 Å². The number of halogens is 1. The van der Waals surface area contributed by atoms with Crippen LogP contribution < -0.4 is 16.4 Å². The van der Waals surface area contributed by atoms with Crippen molar-refractivity contribution in [3.63, 3.8) is 0 Å². The highest BCUT2D eigenvalue weighted by Gasteiger charge is 2.13. The first-order valence-electron chi connectivity index (χ1n) is 9.33. The monoisotopic (exact) mass is 472 g/mol. The molecule has 1 amide bonds. The first kappa shape index (κ1) is 21.4. The van der Waals surface area contributed by atoms with E-state index in [2.05, 4.69) is 15.3 Å². The second-order valence-electron chi connectivity index (χ2n) is 6.69. The van der Waals surface area contributed by atoms with Gasteiger partial charge in [0.1, 0.15) is 0 Å². The number of nitrogens with one attached hydrogen (secondary N) is 2. The van der Waals surface area contributed by atoms with E-state index >= 15 is 0 Å². The quantitative estimate of drug-likeness (QED) is 0.416. The van der Waals surface area contributed by atoms with Gasteiger partial charge in [0.05, 0.1) is 16.1 Å². The standard InChI is InChI=1S/C21H17ClN4O3S2/c1-3-26-16-6-4-12(8-15(16)25-19(28)20(26)29)18(27)24-13-5-7-17(14(22)9-13)31-21-23-11(2)10-30-21/h4-10H,3H2,1-2H3,(H,24,27)(H,25,28). The highest BCUT2D eigenvalue weighted by molar-refractivity contribution is 8.01. The molecule has 2 N–H and O–H groups in total. The van der Waals surface area contributed by atoms with Gasteiger partial charge in [-0.25, -0.2) is 4.98 Å². The summed E-state index contributed by atoms with van der Waals surface area (Å²) in [6.45, 7) is 4.07. The van der Waals surface area contributed by atoms with Gasteiger partial charge >= 0.3 is 11.1 Å². The molecule has 10 heteroatoms. The fraction of sp³-hybridized carbons (Fsp3) is 0.143. The van der Waals surface area contributed by atoms with Crippen molar-refractivity contribution in [1.29, 1.82) is 0 Å². The van der Waals surface area contributed by atoms with Gasteiger partial charge < -0.3 is 14.9 Å². The number of H-pyrrole nitrogens is 1. The summed E-state index contributed by atoms with van der Waals surface area (Å²) < 4.78 is 2.27. The number of carbonyl (C=O) groups excluding carboxylic acids is 1. The minimum absolute atomic E-state index is 0.345. The smallest absolute Gasteiger partial charge is 0.316 e. The van der Waals surface area contributed by atoms with Gasteiger partial charge in [-0.2, -0.15) is 0 Å². The molecule has 0 radical (unpaired) electrons. The second-order valence-corrected chi connectivity index (χ2v) is 9.25. The van der Waals surface area contributed by atoms with Crippen LogP contribution in [0, 0.1) is 6.92 Å². The zero-order chi connectivity index (χ0) is 22.1. The number of carbonyl (C=O) groups is 1. The van der Waals surface area contributed by atoms with Crippen LogP contribution in [0.4, 0.5) is 5.69 Å². The fourth-order valence-corrected chi connectivity index (χ4v) is 5.17. The molecule has 0 saturated heterocycles. The maximum Gasteiger partial charge on any atom is 0.316 e. The number of anilines is 1. The molecule has 0 saturated carbocycles. The number of benzene rings is 2. The molecule has 2 heterocycles. The van der Waals surface area contributed by atoms with Crippen LogP contribution in [0.1, 0.15) is 23.0 Å². The van der Waals surface area contributed by atoms with Gasteiger partial charge in [0.2, 0.25) is 0 Å². The number of nitrogens with zero attached hydrogens (tertiary/aromatic N) is 2. The fourth-order valence-electron chi connectivity index (χ4n) is 3.07. The molecular formula is C21H17ClN4O3S2. The van der Waals surface area contributed by atoms with E-state index in [1.807, 2.05) is 18.4 Å². The van der Waals surface area contributed by atoms with E-state index in [9.17, 15) is 14.4 Å².